The van der Waals surface area contributed by atoms with Crippen LogP contribution >= 0.6 is 11.8 Å². The van der Waals surface area contributed by atoms with Crippen LogP contribution in [0.2, 0.25) is 0 Å². The van der Waals surface area contributed by atoms with Crippen LogP contribution in [0.15, 0.2) is 84.2 Å². The molecule has 13 heteroatoms. The fourth-order valence-corrected chi connectivity index (χ4v) is 6.12. The van der Waals surface area contributed by atoms with Crippen LogP contribution in [-0.2, 0) is 0 Å². The summed E-state index contributed by atoms with van der Waals surface area (Å²) in [6, 6.07) is 17.0. The van der Waals surface area contributed by atoms with Gasteiger partial charge in [-0.2, -0.15) is 4.99 Å². The molecule has 2 amide bonds. The Balaban J connectivity index is 1.26. The van der Waals surface area contributed by atoms with Gasteiger partial charge in [0, 0.05) is 29.2 Å². The first kappa shape index (κ1) is 32.7. The van der Waals surface area contributed by atoms with Crippen molar-refractivity contribution in [2.45, 2.75) is 52.4 Å². The van der Waals surface area contributed by atoms with Crippen molar-refractivity contribution in [1.82, 2.24) is 20.1 Å². The highest BCUT2D eigenvalue weighted by atomic mass is 32.2. The Labute approximate surface area is 268 Å². The van der Waals surface area contributed by atoms with E-state index in [-0.39, 0.29) is 23.5 Å². The minimum Gasteiger partial charge on any atom is -0.406 e. The van der Waals surface area contributed by atoms with Gasteiger partial charge in [-0.05, 0) is 85.4 Å². The zero-order chi connectivity index (χ0) is 33.0. The van der Waals surface area contributed by atoms with Gasteiger partial charge in [-0.1, -0.05) is 49.9 Å². The Morgan fingerprint density at radius 2 is 1.83 bits per heavy atom. The molecule has 0 bridgehead atoms. The number of aliphatic imine (C=N–C) groups is 1. The maximum atomic E-state index is 14.1. The summed E-state index contributed by atoms with van der Waals surface area (Å²) in [5, 5.41) is 7.75. The SMILES string of the molecule is C/C(=C\NC(=O)/N=C1\SCCC(C)N1c1ccc(F)cc1C(C)C)c1ccc(-c2ncn(-c3ccc(OC(F)(F)F)cc3)n2)cc1. The zero-order valence-corrected chi connectivity index (χ0v) is 26.4. The summed E-state index contributed by atoms with van der Waals surface area (Å²) in [4.78, 5) is 23.6. The first-order valence-corrected chi connectivity index (χ1v) is 15.5. The second-order valence-corrected chi connectivity index (χ2v) is 12.1. The van der Waals surface area contributed by atoms with Crippen molar-refractivity contribution in [3.05, 3.63) is 96.2 Å². The van der Waals surface area contributed by atoms with Crippen LogP contribution in [0.3, 0.4) is 0 Å². The lowest BCUT2D eigenvalue weighted by Crippen LogP contribution is -2.42. The molecule has 2 heterocycles. The number of ether oxygens (including phenoxy) is 1. The molecule has 0 aliphatic carbocycles. The molecule has 1 fully saturated rings. The number of aromatic nitrogens is 3. The van der Waals surface area contributed by atoms with Crippen LogP contribution in [0.5, 0.6) is 5.75 Å². The highest BCUT2D eigenvalue weighted by Gasteiger charge is 2.31. The van der Waals surface area contributed by atoms with E-state index in [1.807, 2.05) is 49.9 Å². The molecule has 240 valence electrons. The normalized spacial score (nSPS) is 16.6. The number of rotatable bonds is 7. The lowest BCUT2D eigenvalue weighted by atomic mass is 9.99. The van der Waals surface area contributed by atoms with E-state index in [9.17, 15) is 22.4 Å². The summed E-state index contributed by atoms with van der Waals surface area (Å²) >= 11 is 1.50. The molecule has 1 aliphatic rings. The number of nitrogens with one attached hydrogen (secondary N) is 1. The topological polar surface area (TPSA) is 84.6 Å². The number of urea groups is 1. The van der Waals surface area contributed by atoms with Gasteiger partial charge in [0.2, 0.25) is 0 Å². The van der Waals surface area contributed by atoms with Crippen molar-refractivity contribution in [2.24, 2.45) is 4.99 Å². The molecule has 1 aromatic heterocycles. The molecule has 8 nitrogen and oxygen atoms in total. The molecule has 0 spiro atoms. The second kappa shape index (κ2) is 13.8. The van der Waals surface area contributed by atoms with Crippen molar-refractivity contribution in [3.8, 4) is 22.8 Å². The molecular formula is C33H32F4N6O2S. The van der Waals surface area contributed by atoms with E-state index in [1.165, 1.54) is 53.1 Å². The van der Waals surface area contributed by atoms with Gasteiger partial charge in [-0.25, -0.2) is 18.9 Å². The molecule has 1 aliphatic heterocycles. The summed E-state index contributed by atoms with van der Waals surface area (Å²) in [5.74, 6) is 0.713. The van der Waals surface area contributed by atoms with Gasteiger partial charge < -0.3 is 15.0 Å². The number of benzene rings is 3. The van der Waals surface area contributed by atoms with Crippen molar-refractivity contribution in [2.75, 3.05) is 10.7 Å². The smallest absolute Gasteiger partial charge is 0.406 e. The van der Waals surface area contributed by atoms with Crippen LogP contribution in [0.4, 0.5) is 28.0 Å². The van der Waals surface area contributed by atoms with Gasteiger partial charge in [-0.15, -0.1) is 18.3 Å². The number of nitrogens with zero attached hydrogens (tertiary/aromatic N) is 5. The molecule has 0 radical (unpaired) electrons. The molecule has 46 heavy (non-hydrogen) atoms. The van der Waals surface area contributed by atoms with Crippen LogP contribution in [0.25, 0.3) is 22.6 Å². The summed E-state index contributed by atoms with van der Waals surface area (Å²) in [6.07, 6.45) is -0.796. The molecule has 5 rings (SSSR count). The van der Waals surface area contributed by atoms with E-state index in [2.05, 4.69) is 32.1 Å². The monoisotopic (exact) mass is 652 g/mol. The van der Waals surface area contributed by atoms with Crippen molar-refractivity contribution in [3.63, 3.8) is 0 Å². The third-order valence-electron chi connectivity index (χ3n) is 7.32. The van der Waals surface area contributed by atoms with E-state index in [1.54, 1.807) is 18.3 Å². The van der Waals surface area contributed by atoms with Crippen LogP contribution < -0.4 is 15.0 Å². The van der Waals surface area contributed by atoms with Crippen molar-refractivity contribution in [1.29, 1.82) is 0 Å². The van der Waals surface area contributed by atoms with Gasteiger partial charge in [0.05, 0.1) is 5.69 Å². The number of halogens is 4. The molecule has 1 N–H and O–H groups in total. The largest absolute Gasteiger partial charge is 0.573 e. The van der Waals surface area contributed by atoms with Crippen LogP contribution in [-0.4, -0.2) is 44.1 Å². The van der Waals surface area contributed by atoms with Crippen molar-refractivity contribution >= 4 is 34.2 Å². The predicted octanol–water partition coefficient (Wildman–Crippen LogP) is 8.55. The third-order valence-corrected chi connectivity index (χ3v) is 8.31. The Morgan fingerprint density at radius 3 is 2.50 bits per heavy atom. The molecule has 3 aromatic carbocycles. The van der Waals surface area contributed by atoms with Gasteiger partial charge in [0.15, 0.2) is 11.0 Å². The Morgan fingerprint density at radius 1 is 1.11 bits per heavy atom. The molecular weight excluding hydrogens is 620 g/mol. The summed E-state index contributed by atoms with van der Waals surface area (Å²) in [6.45, 7) is 7.95. The fraction of sp³-hybridized carbons (Fsp3) is 0.273. The number of allylic oxidation sites excluding steroid dienone is 1. The molecule has 1 atom stereocenters. The minimum absolute atomic E-state index is 0.0888. The Hall–Kier alpha value is -4.65. The average molecular weight is 653 g/mol. The van der Waals surface area contributed by atoms with Crippen LogP contribution in [0, 0.1) is 5.82 Å². The number of amides is 2. The third kappa shape index (κ3) is 7.94. The second-order valence-electron chi connectivity index (χ2n) is 11.0. The quantitative estimate of drug-likeness (QED) is 0.202. The summed E-state index contributed by atoms with van der Waals surface area (Å²) < 4.78 is 56.7. The van der Waals surface area contributed by atoms with Crippen molar-refractivity contribution < 1.29 is 27.1 Å². The first-order chi connectivity index (χ1) is 21.9. The van der Waals surface area contributed by atoms with E-state index in [0.717, 1.165) is 40.1 Å². The van der Waals surface area contributed by atoms with E-state index in [4.69, 9.17) is 0 Å². The van der Waals surface area contributed by atoms with Gasteiger partial charge in [0.25, 0.3) is 0 Å². The number of amidine groups is 1. The maximum absolute atomic E-state index is 14.1. The summed E-state index contributed by atoms with van der Waals surface area (Å²) in [5.41, 5.74) is 4.60. The fourth-order valence-electron chi connectivity index (χ4n) is 4.92. The van der Waals surface area contributed by atoms with Gasteiger partial charge in [-0.3, -0.25) is 0 Å². The van der Waals surface area contributed by atoms with Gasteiger partial charge >= 0.3 is 12.4 Å². The predicted molar refractivity (Wildman–Crippen MR) is 173 cm³/mol. The average Bonchev–Trinajstić information content (AvgIpc) is 3.50. The van der Waals surface area contributed by atoms with E-state index < -0.39 is 12.4 Å². The molecule has 1 unspecified atom stereocenters. The molecule has 4 aromatic rings. The molecule has 0 saturated carbocycles. The number of thioether (sulfide) groups is 1. The lowest BCUT2D eigenvalue weighted by Gasteiger charge is -2.37. The number of hydrogen-bond acceptors (Lipinski definition) is 5. The number of carbonyl (C=O) groups excluding carboxylic acids is 1. The Kier molecular flexibility index (Phi) is 9.80. The minimum atomic E-state index is -4.76. The zero-order valence-electron chi connectivity index (χ0n) is 25.5. The highest BCUT2D eigenvalue weighted by molar-refractivity contribution is 8.14. The standard InChI is InChI=1S/C33H32F4N6O2S/c1-20(2)28-17-25(34)9-14-29(28)43-22(4)15-16-46-32(43)40-31(44)38-18-21(3)23-5-7-24(8-6-23)30-39-19-42(41-30)26-10-12-27(13-11-26)45-33(35,36)37/h5-14,17-20,22H,15-16H2,1-4H3,(H,38,44)/b21-18+,40-32-. The number of hydrogen-bond donors (Lipinski definition) is 1. The number of carbonyl (C=O) groups is 1. The van der Waals surface area contributed by atoms with Crippen LogP contribution in [0.1, 0.15) is 51.2 Å². The lowest BCUT2D eigenvalue weighted by molar-refractivity contribution is -0.274. The number of alkyl halides is 3. The van der Waals surface area contributed by atoms with E-state index in [0.29, 0.717) is 16.7 Å². The maximum Gasteiger partial charge on any atom is 0.573 e. The molecule has 1 saturated heterocycles. The number of anilines is 1. The van der Waals surface area contributed by atoms with E-state index >= 15 is 0 Å². The Bertz CT molecular complexity index is 1750. The van der Waals surface area contributed by atoms with Gasteiger partial charge in [0.1, 0.15) is 17.9 Å². The summed E-state index contributed by atoms with van der Waals surface area (Å²) in [7, 11) is 0. The first-order valence-electron chi connectivity index (χ1n) is 14.5. The highest BCUT2D eigenvalue weighted by Crippen LogP contribution is 2.35.